The SMILES string of the molecule is CC1NCC[C@H]1N(C(=O)O)[C@H](CO)c1ccccc1. The van der Waals surface area contributed by atoms with Gasteiger partial charge in [-0.1, -0.05) is 30.3 Å². The zero-order valence-corrected chi connectivity index (χ0v) is 11.0. The average molecular weight is 264 g/mol. The summed E-state index contributed by atoms with van der Waals surface area (Å²) in [5.74, 6) is 0. The van der Waals surface area contributed by atoms with Crippen molar-refractivity contribution in [2.75, 3.05) is 13.2 Å². The molecule has 0 saturated carbocycles. The Morgan fingerprint density at radius 1 is 1.47 bits per heavy atom. The molecule has 0 aromatic heterocycles. The van der Waals surface area contributed by atoms with Gasteiger partial charge in [0.2, 0.25) is 0 Å². The number of aliphatic hydroxyl groups excluding tert-OH is 1. The maximum absolute atomic E-state index is 11.6. The number of nitrogens with one attached hydrogen (secondary N) is 1. The molecule has 0 bridgehead atoms. The van der Waals surface area contributed by atoms with E-state index < -0.39 is 12.1 Å². The Morgan fingerprint density at radius 3 is 2.63 bits per heavy atom. The lowest BCUT2D eigenvalue weighted by molar-refractivity contribution is 0.0685. The van der Waals surface area contributed by atoms with Gasteiger partial charge in [0.15, 0.2) is 0 Å². The summed E-state index contributed by atoms with van der Waals surface area (Å²) in [4.78, 5) is 13.0. The van der Waals surface area contributed by atoms with Crippen LogP contribution in [0.4, 0.5) is 4.79 Å². The van der Waals surface area contributed by atoms with E-state index in [-0.39, 0.29) is 18.7 Å². The smallest absolute Gasteiger partial charge is 0.408 e. The molecule has 1 aromatic carbocycles. The quantitative estimate of drug-likeness (QED) is 0.769. The van der Waals surface area contributed by atoms with Crippen LogP contribution in [-0.2, 0) is 0 Å². The van der Waals surface area contributed by atoms with Crippen molar-refractivity contribution in [3.63, 3.8) is 0 Å². The van der Waals surface area contributed by atoms with Crippen molar-refractivity contribution in [1.29, 1.82) is 0 Å². The zero-order chi connectivity index (χ0) is 13.8. The van der Waals surface area contributed by atoms with E-state index in [1.54, 1.807) is 0 Å². The van der Waals surface area contributed by atoms with Gasteiger partial charge < -0.3 is 15.5 Å². The van der Waals surface area contributed by atoms with Crippen LogP contribution in [0.2, 0.25) is 0 Å². The molecule has 0 aliphatic carbocycles. The molecule has 1 aliphatic heterocycles. The molecule has 5 heteroatoms. The summed E-state index contributed by atoms with van der Waals surface area (Å²) in [7, 11) is 0. The number of hydrogen-bond donors (Lipinski definition) is 3. The zero-order valence-electron chi connectivity index (χ0n) is 11.0. The monoisotopic (exact) mass is 264 g/mol. The molecule has 1 fully saturated rings. The molecule has 1 aliphatic rings. The van der Waals surface area contributed by atoms with Crippen LogP contribution < -0.4 is 5.32 Å². The number of carboxylic acid groups (broad SMARTS) is 1. The van der Waals surface area contributed by atoms with E-state index in [9.17, 15) is 15.0 Å². The van der Waals surface area contributed by atoms with Crippen molar-refractivity contribution >= 4 is 6.09 Å². The average Bonchev–Trinajstić information content (AvgIpc) is 2.82. The largest absolute Gasteiger partial charge is 0.465 e. The second-order valence-electron chi connectivity index (χ2n) is 4.90. The van der Waals surface area contributed by atoms with Gasteiger partial charge >= 0.3 is 6.09 Å². The molecule has 5 nitrogen and oxygen atoms in total. The van der Waals surface area contributed by atoms with Crippen LogP contribution in [0.15, 0.2) is 30.3 Å². The standard InChI is InChI=1S/C14H20N2O3/c1-10-12(7-8-15-10)16(14(18)19)13(9-17)11-5-3-2-4-6-11/h2-6,10,12-13,15,17H,7-9H2,1H3,(H,18,19)/t10?,12-,13-/m1/s1. The highest BCUT2D eigenvalue weighted by Crippen LogP contribution is 2.27. The van der Waals surface area contributed by atoms with Crippen molar-refractivity contribution in [3.05, 3.63) is 35.9 Å². The van der Waals surface area contributed by atoms with E-state index in [1.165, 1.54) is 4.90 Å². The van der Waals surface area contributed by atoms with Gasteiger partial charge in [0.1, 0.15) is 0 Å². The Balaban J connectivity index is 2.29. The topological polar surface area (TPSA) is 72.8 Å². The van der Waals surface area contributed by atoms with Crippen molar-refractivity contribution < 1.29 is 15.0 Å². The summed E-state index contributed by atoms with van der Waals surface area (Å²) in [5.41, 5.74) is 0.825. The summed E-state index contributed by atoms with van der Waals surface area (Å²) in [6.45, 7) is 2.58. The normalized spacial score (nSPS) is 24.1. The molecule has 0 spiro atoms. The third-order valence-corrected chi connectivity index (χ3v) is 3.75. The molecule has 19 heavy (non-hydrogen) atoms. The Bertz CT molecular complexity index is 424. The minimum absolute atomic E-state index is 0.102. The summed E-state index contributed by atoms with van der Waals surface area (Å²) in [5, 5.41) is 22.4. The fourth-order valence-corrected chi connectivity index (χ4v) is 2.76. The molecule has 3 N–H and O–H groups in total. The Morgan fingerprint density at radius 2 is 2.16 bits per heavy atom. The van der Waals surface area contributed by atoms with E-state index >= 15 is 0 Å². The lowest BCUT2D eigenvalue weighted by atomic mass is 10.0. The maximum atomic E-state index is 11.6. The minimum Gasteiger partial charge on any atom is -0.465 e. The van der Waals surface area contributed by atoms with Crippen molar-refractivity contribution in [2.45, 2.75) is 31.5 Å². The second-order valence-corrected chi connectivity index (χ2v) is 4.90. The van der Waals surface area contributed by atoms with Crippen molar-refractivity contribution in [1.82, 2.24) is 10.2 Å². The third kappa shape index (κ3) is 2.88. The van der Waals surface area contributed by atoms with Gasteiger partial charge in [-0.15, -0.1) is 0 Å². The van der Waals surface area contributed by atoms with Crippen LogP contribution in [-0.4, -0.2) is 46.4 Å². The predicted octanol–water partition coefficient (Wildman–Crippen LogP) is 1.45. The number of nitrogens with zero attached hydrogens (tertiary/aromatic N) is 1. The van der Waals surface area contributed by atoms with Crippen LogP contribution in [0.25, 0.3) is 0 Å². The molecular formula is C14H20N2O3. The number of amides is 1. The van der Waals surface area contributed by atoms with E-state index in [1.807, 2.05) is 37.3 Å². The van der Waals surface area contributed by atoms with E-state index in [4.69, 9.17) is 0 Å². The molecule has 1 amide bonds. The fraction of sp³-hybridized carbons (Fsp3) is 0.500. The highest BCUT2D eigenvalue weighted by Gasteiger charge is 2.36. The van der Waals surface area contributed by atoms with E-state index in [0.29, 0.717) is 0 Å². The molecule has 2 rings (SSSR count). The lowest BCUT2D eigenvalue weighted by Gasteiger charge is -2.35. The predicted molar refractivity (Wildman–Crippen MR) is 72.0 cm³/mol. The number of carbonyl (C=O) groups is 1. The van der Waals surface area contributed by atoms with Gasteiger partial charge in [0, 0.05) is 6.04 Å². The summed E-state index contributed by atoms with van der Waals surface area (Å²) in [6, 6.07) is 8.79. The molecule has 1 aromatic rings. The number of hydrogen-bond acceptors (Lipinski definition) is 3. The molecular weight excluding hydrogens is 244 g/mol. The van der Waals surface area contributed by atoms with Crippen LogP contribution >= 0.6 is 0 Å². The molecule has 1 saturated heterocycles. The Labute approximate surface area is 112 Å². The Hall–Kier alpha value is -1.59. The van der Waals surface area contributed by atoms with Gasteiger partial charge in [-0.3, -0.25) is 4.90 Å². The van der Waals surface area contributed by atoms with Gasteiger partial charge in [0.05, 0.1) is 18.7 Å². The summed E-state index contributed by atoms with van der Waals surface area (Å²) < 4.78 is 0. The second kappa shape index (κ2) is 6.04. The lowest BCUT2D eigenvalue weighted by Crippen LogP contribution is -2.48. The van der Waals surface area contributed by atoms with E-state index in [2.05, 4.69) is 5.32 Å². The first-order chi connectivity index (χ1) is 9.15. The van der Waals surface area contributed by atoms with E-state index in [0.717, 1.165) is 18.5 Å². The first-order valence-corrected chi connectivity index (χ1v) is 6.55. The minimum atomic E-state index is -0.983. The van der Waals surface area contributed by atoms with Crippen LogP contribution in [0, 0.1) is 0 Å². The number of benzene rings is 1. The molecule has 3 atom stereocenters. The fourth-order valence-electron chi connectivity index (χ4n) is 2.76. The highest BCUT2D eigenvalue weighted by atomic mass is 16.4. The maximum Gasteiger partial charge on any atom is 0.408 e. The van der Waals surface area contributed by atoms with Gasteiger partial charge in [-0.05, 0) is 25.5 Å². The molecule has 0 radical (unpaired) electrons. The van der Waals surface area contributed by atoms with Crippen LogP contribution in [0.5, 0.6) is 0 Å². The number of rotatable bonds is 4. The third-order valence-electron chi connectivity index (χ3n) is 3.75. The summed E-state index contributed by atoms with van der Waals surface area (Å²) >= 11 is 0. The first-order valence-electron chi connectivity index (χ1n) is 6.55. The van der Waals surface area contributed by atoms with Crippen LogP contribution in [0.3, 0.4) is 0 Å². The van der Waals surface area contributed by atoms with Gasteiger partial charge in [-0.25, -0.2) is 4.79 Å². The number of aliphatic hydroxyl groups is 1. The summed E-state index contributed by atoms with van der Waals surface area (Å²) in [6.07, 6.45) is -0.208. The molecule has 1 heterocycles. The molecule has 104 valence electrons. The Kier molecular flexibility index (Phi) is 4.39. The highest BCUT2D eigenvalue weighted by molar-refractivity contribution is 5.66. The molecule has 1 unspecified atom stereocenters. The van der Waals surface area contributed by atoms with Crippen LogP contribution in [0.1, 0.15) is 24.9 Å². The first kappa shape index (κ1) is 13.8. The van der Waals surface area contributed by atoms with Crippen molar-refractivity contribution in [2.24, 2.45) is 0 Å². The van der Waals surface area contributed by atoms with Gasteiger partial charge in [-0.2, -0.15) is 0 Å². The van der Waals surface area contributed by atoms with Gasteiger partial charge in [0.25, 0.3) is 0 Å². The van der Waals surface area contributed by atoms with Crippen molar-refractivity contribution in [3.8, 4) is 0 Å².